The number of hydrogen-bond acceptors (Lipinski definition) is 3. The number of hydrazine groups is 1. The van der Waals surface area contributed by atoms with Gasteiger partial charge in [-0.1, -0.05) is 38.3 Å². The number of benzene rings is 1. The van der Waals surface area contributed by atoms with Gasteiger partial charge >= 0.3 is 0 Å². The molecule has 1 aliphatic carbocycles. The number of ether oxygens (including phenoxy) is 1. The van der Waals surface area contributed by atoms with E-state index in [9.17, 15) is 0 Å². The van der Waals surface area contributed by atoms with Crippen LogP contribution in [0.15, 0.2) is 18.2 Å². The first-order chi connectivity index (χ1) is 9.23. The van der Waals surface area contributed by atoms with E-state index in [1.54, 1.807) is 0 Å². The standard InChI is InChI=1S/C16H24N2O/c1-16(8-3-2-4-9-16)15(18-17)13-5-6-14-12(11-13)7-10-19-14/h5-6,11,15,18H,2-4,7-10,17H2,1H3. The van der Waals surface area contributed by atoms with E-state index < -0.39 is 0 Å². The van der Waals surface area contributed by atoms with E-state index in [1.807, 2.05) is 0 Å². The Bertz CT molecular complexity index is 452. The van der Waals surface area contributed by atoms with Crippen LogP contribution in [0.2, 0.25) is 0 Å². The Kier molecular flexibility index (Phi) is 3.50. The van der Waals surface area contributed by atoms with E-state index in [0.29, 0.717) is 0 Å². The molecule has 3 heteroatoms. The van der Waals surface area contributed by atoms with E-state index in [0.717, 1.165) is 18.8 Å². The van der Waals surface area contributed by atoms with Gasteiger partial charge in [0.05, 0.1) is 12.6 Å². The SMILES string of the molecule is CC1(C(NN)c2ccc3c(c2)CCO3)CCCCC1. The molecule has 0 saturated heterocycles. The normalized spacial score (nSPS) is 22.6. The predicted octanol–water partition coefficient (Wildman–Crippen LogP) is 3.10. The Hall–Kier alpha value is -1.06. The topological polar surface area (TPSA) is 47.3 Å². The van der Waals surface area contributed by atoms with Crippen molar-refractivity contribution in [3.8, 4) is 5.75 Å². The highest BCUT2D eigenvalue weighted by Gasteiger charge is 2.36. The van der Waals surface area contributed by atoms with Gasteiger partial charge in [0.1, 0.15) is 5.75 Å². The monoisotopic (exact) mass is 260 g/mol. The average Bonchev–Trinajstić information content (AvgIpc) is 2.87. The van der Waals surface area contributed by atoms with Crippen LogP contribution in [-0.2, 0) is 6.42 Å². The summed E-state index contributed by atoms with van der Waals surface area (Å²) in [5, 5.41) is 0. The predicted molar refractivity (Wildman–Crippen MR) is 76.9 cm³/mol. The molecule has 1 aromatic carbocycles. The lowest BCUT2D eigenvalue weighted by molar-refractivity contribution is 0.145. The Morgan fingerprint density at radius 2 is 2.05 bits per heavy atom. The molecule has 3 N–H and O–H groups in total. The fourth-order valence-corrected chi connectivity index (χ4v) is 3.73. The number of rotatable bonds is 3. The first kappa shape index (κ1) is 12.9. The lowest BCUT2D eigenvalue weighted by Crippen LogP contribution is -2.41. The van der Waals surface area contributed by atoms with Crippen LogP contribution in [0, 0.1) is 5.41 Å². The summed E-state index contributed by atoms with van der Waals surface area (Å²) in [5.74, 6) is 6.93. The Labute approximate surface area is 115 Å². The Morgan fingerprint density at radius 3 is 2.79 bits per heavy atom. The third-order valence-electron chi connectivity index (χ3n) is 4.91. The molecule has 3 rings (SSSR count). The number of nitrogens with two attached hydrogens (primary N) is 1. The molecule has 1 aliphatic heterocycles. The third kappa shape index (κ3) is 2.37. The summed E-state index contributed by atoms with van der Waals surface area (Å²) in [5.41, 5.74) is 6.00. The minimum Gasteiger partial charge on any atom is -0.493 e. The first-order valence-electron chi connectivity index (χ1n) is 7.45. The van der Waals surface area contributed by atoms with Crippen molar-refractivity contribution in [1.82, 2.24) is 5.43 Å². The molecule has 2 aliphatic rings. The molecule has 1 unspecified atom stereocenters. The molecular formula is C16H24N2O. The second-order valence-corrected chi connectivity index (χ2v) is 6.28. The molecule has 1 atom stereocenters. The van der Waals surface area contributed by atoms with Gasteiger partial charge in [-0.3, -0.25) is 11.3 Å². The Morgan fingerprint density at radius 1 is 1.26 bits per heavy atom. The minimum absolute atomic E-state index is 0.249. The van der Waals surface area contributed by atoms with Crippen molar-refractivity contribution < 1.29 is 4.74 Å². The zero-order valence-corrected chi connectivity index (χ0v) is 11.7. The molecule has 1 aromatic rings. The fourth-order valence-electron chi connectivity index (χ4n) is 3.73. The van der Waals surface area contributed by atoms with Crippen LogP contribution in [-0.4, -0.2) is 6.61 Å². The Balaban J connectivity index is 1.89. The van der Waals surface area contributed by atoms with Crippen molar-refractivity contribution in [1.29, 1.82) is 0 Å². The second kappa shape index (κ2) is 5.14. The van der Waals surface area contributed by atoms with Crippen LogP contribution in [0.1, 0.15) is 56.2 Å². The molecule has 1 heterocycles. The van der Waals surface area contributed by atoms with Gasteiger partial charge in [-0.05, 0) is 35.4 Å². The lowest BCUT2D eigenvalue weighted by Gasteiger charge is -2.40. The van der Waals surface area contributed by atoms with Gasteiger partial charge in [-0.25, -0.2) is 0 Å². The minimum atomic E-state index is 0.249. The van der Waals surface area contributed by atoms with Crippen molar-refractivity contribution in [3.63, 3.8) is 0 Å². The summed E-state index contributed by atoms with van der Waals surface area (Å²) in [4.78, 5) is 0. The van der Waals surface area contributed by atoms with Crippen LogP contribution in [0.4, 0.5) is 0 Å². The maximum Gasteiger partial charge on any atom is 0.122 e. The maximum atomic E-state index is 5.88. The molecule has 104 valence electrons. The van der Waals surface area contributed by atoms with Crippen LogP contribution in [0.3, 0.4) is 0 Å². The van der Waals surface area contributed by atoms with Crippen LogP contribution in [0.25, 0.3) is 0 Å². The highest BCUT2D eigenvalue weighted by molar-refractivity contribution is 5.41. The van der Waals surface area contributed by atoms with Crippen molar-refractivity contribution in [2.24, 2.45) is 11.3 Å². The van der Waals surface area contributed by atoms with E-state index in [4.69, 9.17) is 10.6 Å². The van der Waals surface area contributed by atoms with Gasteiger partial charge in [0.15, 0.2) is 0 Å². The molecule has 19 heavy (non-hydrogen) atoms. The van der Waals surface area contributed by atoms with Crippen LogP contribution < -0.4 is 16.0 Å². The largest absolute Gasteiger partial charge is 0.493 e. The molecular weight excluding hydrogens is 236 g/mol. The molecule has 0 spiro atoms. The maximum absolute atomic E-state index is 5.88. The van der Waals surface area contributed by atoms with Crippen molar-refractivity contribution in [2.75, 3.05) is 6.61 Å². The molecule has 1 saturated carbocycles. The highest BCUT2D eigenvalue weighted by atomic mass is 16.5. The number of hydrogen-bond donors (Lipinski definition) is 2. The van der Waals surface area contributed by atoms with Gasteiger partial charge in [0.2, 0.25) is 0 Å². The van der Waals surface area contributed by atoms with Crippen molar-refractivity contribution in [3.05, 3.63) is 29.3 Å². The molecule has 1 fully saturated rings. The summed E-state index contributed by atoms with van der Waals surface area (Å²) in [6.07, 6.45) is 7.55. The van der Waals surface area contributed by atoms with E-state index >= 15 is 0 Å². The first-order valence-corrected chi connectivity index (χ1v) is 7.45. The van der Waals surface area contributed by atoms with E-state index in [-0.39, 0.29) is 11.5 Å². The summed E-state index contributed by atoms with van der Waals surface area (Å²) < 4.78 is 5.59. The summed E-state index contributed by atoms with van der Waals surface area (Å²) in [7, 11) is 0. The molecule has 0 bridgehead atoms. The van der Waals surface area contributed by atoms with Gasteiger partial charge in [0.25, 0.3) is 0 Å². The molecule has 0 radical (unpaired) electrons. The number of nitrogens with one attached hydrogen (secondary N) is 1. The fraction of sp³-hybridized carbons (Fsp3) is 0.625. The molecule has 0 aromatic heterocycles. The lowest BCUT2D eigenvalue weighted by atomic mass is 9.68. The number of fused-ring (bicyclic) bond motifs is 1. The smallest absolute Gasteiger partial charge is 0.122 e. The van der Waals surface area contributed by atoms with Crippen molar-refractivity contribution in [2.45, 2.75) is 51.5 Å². The van der Waals surface area contributed by atoms with E-state index in [1.165, 1.54) is 43.2 Å². The van der Waals surface area contributed by atoms with Gasteiger partial charge in [0, 0.05) is 6.42 Å². The van der Waals surface area contributed by atoms with Crippen LogP contribution in [0.5, 0.6) is 5.75 Å². The summed E-state index contributed by atoms with van der Waals surface area (Å²) in [6, 6.07) is 6.81. The molecule has 3 nitrogen and oxygen atoms in total. The third-order valence-corrected chi connectivity index (χ3v) is 4.91. The quantitative estimate of drug-likeness (QED) is 0.648. The van der Waals surface area contributed by atoms with Gasteiger partial charge in [-0.2, -0.15) is 0 Å². The second-order valence-electron chi connectivity index (χ2n) is 6.28. The highest BCUT2D eigenvalue weighted by Crippen LogP contribution is 2.46. The summed E-state index contributed by atoms with van der Waals surface area (Å²) in [6.45, 7) is 3.19. The van der Waals surface area contributed by atoms with Crippen LogP contribution >= 0.6 is 0 Å². The summed E-state index contributed by atoms with van der Waals surface area (Å²) >= 11 is 0. The van der Waals surface area contributed by atoms with E-state index in [2.05, 4.69) is 30.5 Å². The van der Waals surface area contributed by atoms with Crippen molar-refractivity contribution >= 4 is 0 Å². The van der Waals surface area contributed by atoms with Gasteiger partial charge < -0.3 is 4.74 Å². The van der Waals surface area contributed by atoms with Gasteiger partial charge in [-0.15, -0.1) is 0 Å². The average molecular weight is 260 g/mol. The molecule has 0 amide bonds. The zero-order chi connectivity index (χ0) is 13.3. The zero-order valence-electron chi connectivity index (χ0n) is 11.7.